The van der Waals surface area contributed by atoms with Crippen LogP contribution in [-0.4, -0.2) is 28.2 Å². The maximum atomic E-state index is 11.9. The van der Waals surface area contributed by atoms with E-state index in [9.17, 15) is 13.6 Å². The summed E-state index contributed by atoms with van der Waals surface area (Å²) in [6.07, 6.45) is -3.01. The van der Waals surface area contributed by atoms with Gasteiger partial charge in [0, 0.05) is 6.42 Å². The van der Waals surface area contributed by atoms with Crippen LogP contribution < -0.4 is 0 Å². The van der Waals surface area contributed by atoms with E-state index in [1.165, 1.54) is 0 Å². The molecule has 0 aromatic carbocycles. The van der Waals surface area contributed by atoms with Crippen molar-refractivity contribution in [3.8, 4) is 0 Å². The van der Waals surface area contributed by atoms with Gasteiger partial charge in [-0.2, -0.15) is 0 Å². The van der Waals surface area contributed by atoms with Crippen molar-refractivity contribution in [1.82, 2.24) is 0 Å². The Kier molecular flexibility index (Phi) is 2.71. The van der Waals surface area contributed by atoms with Crippen molar-refractivity contribution in [3.63, 3.8) is 0 Å². The van der Waals surface area contributed by atoms with Gasteiger partial charge >= 0.3 is 5.97 Å². The Labute approximate surface area is 56.3 Å². The summed E-state index contributed by atoms with van der Waals surface area (Å²) in [6.45, 7) is 0.555. The largest absolute Gasteiger partial charge is 0.479 e. The molecule has 1 unspecified atom stereocenters. The molecule has 0 radical (unpaired) electrons. The summed E-state index contributed by atoms with van der Waals surface area (Å²) >= 11 is 0. The van der Waals surface area contributed by atoms with Gasteiger partial charge in [-0.3, -0.25) is 0 Å². The molecule has 5 heteroatoms. The number of halogens is 2. The van der Waals surface area contributed by atoms with Gasteiger partial charge in [0.15, 0.2) is 6.10 Å². The van der Waals surface area contributed by atoms with Gasteiger partial charge in [-0.05, 0) is 6.92 Å². The lowest BCUT2D eigenvalue weighted by molar-refractivity contribution is -0.151. The number of alkyl halides is 2. The third-order valence-corrected chi connectivity index (χ3v) is 0.837. The SMILES string of the molecule is CC(F)(F)CC(O)C(=O)O. The molecule has 60 valence electrons. The average Bonchev–Trinajstić information content (AvgIpc) is 1.60. The summed E-state index contributed by atoms with van der Waals surface area (Å²) in [6, 6.07) is 0. The second-order valence-corrected chi connectivity index (χ2v) is 2.13. The van der Waals surface area contributed by atoms with E-state index in [4.69, 9.17) is 10.2 Å². The van der Waals surface area contributed by atoms with Crippen LogP contribution in [0.4, 0.5) is 8.78 Å². The molecule has 0 aliphatic heterocycles. The van der Waals surface area contributed by atoms with Gasteiger partial charge in [-0.1, -0.05) is 0 Å². The molecular formula is C5H8F2O3. The first-order chi connectivity index (χ1) is 4.33. The summed E-state index contributed by atoms with van der Waals surface area (Å²) < 4.78 is 23.8. The number of rotatable bonds is 3. The van der Waals surface area contributed by atoms with E-state index < -0.39 is 24.4 Å². The second-order valence-electron chi connectivity index (χ2n) is 2.13. The number of aliphatic carboxylic acids is 1. The van der Waals surface area contributed by atoms with Gasteiger partial charge in [0.25, 0.3) is 0 Å². The molecule has 0 rings (SSSR count). The highest BCUT2D eigenvalue weighted by Crippen LogP contribution is 2.18. The molecule has 0 bridgehead atoms. The fraction of sp³-hybridized carbons (Fsp3) is 0.800. The Bertz CT molecular complexity index is 129. The van der Waals surface area contributed by atoms with Crippen LogP contribution >= 0.6 is 0 Å². The fourth-order valence-electron chi connectivity index (χ4n) is 0.427. The van der Waals surface area contributed by atoms with Crippen molar-refractivity contribution in [2.45, 2.75) is 25.4 Å². The number of carboxylic acids is 1. The smallest absolute Gasteiger partial charge is 0.332 e. The molecule has 0 aromatic heterocycles. The highest BCUT2D eigenvalue weighted by Gasteiger charge is 2.29. The monoisotopic (exact) mass is 154 g/mol. The van der Waals surface area contributed by atoms with Crippen molar-refractivity contribution >= 4 is 5.97 Å². The maximum absolute atomic E-state index is 11.9. The predicted molar refractivity (Wildman–Crippen MR) is 28.9 cm³/mol. The third-order valence-electron chi connectivity index (χ3n) is 0.837. The van der Waals surface area contributed by atoms with E-state index in [1.54, 1.807) is 0 Å². The number of aliphatic hydroxyl groups excluding tert-OH is 1. The van der Waals surface area contributed by atoms with Crippen LogP contribution in [0.15, 0.2) is 0 Å². The van der Waals surface area contributed by atoms with Crippen LogP contribution in [0.2, 0.25) is 0 Å². The molecule has 3 nitrogen and oxygen atoms in total. The molecule has 0 amide bonds. The minimum absolute atomic E-state index is 0.555. The normalized spacial score (nSPS) is 14.8. The number of hydrogen-bond acceptors (Lipinski definition) is 2. The molecule has 0 saturated heterocycles. The van der Waals surface area contributed by atoms with Gasteiger partial charge < -0.3 is 10.2 Å². The number of carbonyl (C=O) groups is 1. The first kappa shape index (κ1) is 9.29. The quantitative estimate of drug-likeness (QED) is 0.621. The van der Waals surface area contributed by atoms with Crippen molar-refractivity contribution < 1.29 is 23.8 Å². The summed E-state index contributed by atoms with van der Waals surface area (Å²) in [5.41, 5.74) is 0. The van der Waals surface area contributed by atoms with Crippen LogP contribution in [0.25, 0.3) is 0 Å². The Morgan fingerprint density at radius 2 is 2.10 bits per heavy atom. The van der Waals surface area contributed by atoms with Gasteiger partial charge in [0.05, 0.1) is 0 Å². The van der Waals surface area contributed by atoms with Crippen molar-refractivity contribution in [2.75, 3.05) is 0 Å². The lowest BCUT2D eigenvalue weighted by Crippen LogP contribution is -2.27. The molecule has 1 atom stereocenters. The van der Waals surface area contributed by atoms with Crippen LogP contribution in [0, 0.1) is 0 Å². The summed E-state index contributed by atoms with van der Waals surface area (Å²) in [5, 5.41) is 16.3. The molecule has 0 aliphatic carbocycles. The Balaban J connectivity index is 3.80. The van der Waals surface area contributed by atoms with E-state index in [-0.39, 0.29) is 0 Å². The fourth-order valence-corrected chi connectivity index (χ4v) is 0.427. The zero-order chi connectivity index (χ0) is 8.36. The maximum Gasteiger partial charge on any atom is 0.332 e. The van der Waals surface area contributed by atoms with E-state index in [0.717, 1.165) is 0 Å². The van der Waals surface area contributed by atoms with Crippen molar-refractivity contribution in [1.29, 1.82) is 0 Å². The van der Waals surface area contributed by atoms with Gasteiger partial charge in [0.1, 0.15) is 0 Å². The lowest BCUT2D eigenvalue weighted by Gasteiger charge is -2.11. The topological polar surface area (TPSA) is 57.5 Å². The Morgan fingerprint density at radius 1 is 1.70 bits per heavy atom. The van der Waals surface area contributed by atoms with Crippen molar-refractivity contribution in [2.24, 2.45) is 0 Å². The molecule has 2 N–H and O–H groups in total. The summed E-state index contributed by atoms with van der Waals surface area (Å²) in [5.74, 6) is -4.75. The minimum Gasteiger partial charge on any atom is -0.479 e. The van der Waals surface area contributed by atoms with E-state index >= 15 is 0 Å². The number of carboxylic acid groups (broad SMARTS) is 1. The van der Waals surface area contributed by atoms with Crippen LogP contribution in [-0.2, 0) is 4.79 Å². The highest BCUT2D eigenvalue weighted by atomic mass is 19.3. The summed E-state index contributed by atoms with van der Waals surface area (Å²) in [4.78, 5) is 9.79. The first-order valence-electron chi connectivity index (χ1n) is 2.61. The zero-order valence-electron chi connectivity index (χ0n) is 5.34. The molecule has 0 aliphatic rings. The molecule has 0 spiro atoms. The van der Waals surface area contributed by atoms with Crippen LogP contribution in [0.5, 0.6) is 0 Å². The molecule has 0 fully saturated rings. The Morgan fingerprint density at radius 3 is 2.20 bits per heavy atom. The predicted octanol–water partition coefficient (Wildman–Crippen LogP) is 0.477. The average molecular weight is 154 g/mol. The number of hydrogen-bond donors (Lipinski definition) is 2. The Hall–Kier alpha value is -0.710. The lowest BCUT2D eigenvalue weighted by atomic mass is 10.2. The molecule has 10 heavy (non-hydrogen) atoms. The molecule has 0 heterocycles. The van der Waals surface area contributed by atoms with E-state index in [2.05, 4.69) is 0 Å². The highest BCUT2D eigenvalue weighted by molar-refractivity contribution is 5.71. The van der Waals surface area contributed by atoms with Crippen molar-refractivity contribution in [3.05, 3.63) is 0 Å². The van der Waals surface area contributed by atoms with Crippen LogP contribution in [0.3, 0.4) is 0 Å². The molecular weight excluding hydrogens is 146 g/mol. The second kappa shape index (κ2) is 2.92. The van der Waals surface area contributed by atoms with E-state index in [0.29, 0.717) is 6.92 Å². The van der Waals surface area contributed by atoms with Crippen LogP contribution in [0.1, 0.15) is 13.3 Å². The molecule has 0 aromatic rings. The number of aliphatic hydroxyl groups is 1. The zero-order valence-corrected chi connectivity index (χ0v) is 5.34. The third kappa shape index (κ3) is 4.20. The summed E-state index contributed by atoms with van der Waals surface area (Å²) in [7, 11) is 0. The van der Waals surface area contributed by atoms with Gasteiger partial charge in [-0.15, -0.1) is 0 Å². The standard InChI is InChI=1S/C5H8F2O3/c1-5(6,7)2-3(8)4(9)10/h3,8H,2H2,1H3,(H,9,10). The molecule has 0 saturated carbocycles. The minimum atomic E-state index is -3.13. The van der Waals surface area contributed by atoms with Gasteiger partial charge in [0.2, 0.25) is 5.92 Å². The van der Waals surface area contributed by atoms with E-state index in [1.807, 2.05) is 0 Å². The van der Waals surface area contributed by atoms with Gasteiger partial charge in [-0.25, -0.2) is 13.6 Å². The first-order valence-corrected chi connectivity index (χ1v) is 2.61.